The Morgan fingerprint density at radius 3 is 2.52 bits per heavy atom. The van der Waals surface area contributed by atoms with Crippen molar-refractivity contribution in [2.45, 2.75) is 26.5 Å². The molecule has 0 aliphatic heterocycles. The topological polar surface area (TPSA) is 71.2 Å². The van der Waals surface area contributed by atoms with E-state index in [4.69, 9.17) is 4.74 Å². The van der Waals surface area contributed by atoms with Gasteiger partial charge in [-0.1, -0.05) is 30.3 Å². The number of rotatable bonds is 6. The molecule has 1 heterocycles. The van der Waals surface area contributed by atoms with Crippen molar-refractivity contribution < 1.29 is 9.53 Å². The maximum Gasteiger partial charge on any atom is 0.252 e. The molecule has 5 nitrogen and oxygen atoms in total. The molecule has 0 saturated carbocycles. The highest BCUT2D eigenvalue weighted by Gasteiger charge is 2.10. The van der Waals surface area contributed by atoms with Crippen LogP contribution in [0.2, 0.25) is 0 Å². The summed E-state index contributed by atoms with van der Waals surface area (Å²) < 4.78 is 5.89. The normalized spacial score (nSPS) is 11.6. The second kappa shape index (κ2) is 8.36. The van der Waals surface area contributed by atoms with E-state index in [1.165, 1.54) is 0 Å². The van der Waals surface area contributed by atoms with Gasteiger partial charge in [0.25, 0.3) is 11.5 Å². The minimum absolute atomic E-state index is 0.129. The lowest BCUT2D eigenvalue weighted by Gasteiger charge is -2.15. The van der Waals surface area contributed by atoms with E-state index >= 15 is 0 Å². The third-order valence-corrected chi connectivity index (χ3v) is 4.26. The van der Waals surface area contributed by atoms with Crippen LogP contribution in [0.25, 0.3) is 0 Å². The van der Waals surface area contributed by atoms with Crippen LogP contribution in [0.1, 0.15) is 40.1 Å². The Morgan fingerprint density at radius 2 is 1.81 bits per heavy atom. The molecule has 0 bridgehead atoms. The molecule has 1 atom stereocenters. The molecule has 2 N–H and O–H groups in total. The molecule has 0 aliphatic carbocycles. The first kappa shape index (κ1) is 18.5. The number of ether oxygens (including phenoxy) is 1. The number of carbonyl (C=O) groups is 1. The number of pyridine rings is 1. The van der Waals surface area contributed by atoms with E-state index in [1.807, 2.05) is 56.3 Å². The number of aryl methyl sites for hydroxylation is 1. The van der Waals surface area contributed by atoms with Crippen molar-refractivity contribution in [1.82, 2.24) is 10.3 Å². The van der Waals surface area contributed by atoms with Crippen molar-refractivity contribution >= 4 is 5.91 Å². The number of benzene rings is 2. The molecule has 0 saturated heterocycles. The third-order valence-electron chi connectivity index (χ3n) is 4.26. The van der Waals surface area contributed by atoms with E-state index in [1.54, 1.807) is 24.4 Å². The molecule has 0 spiro atoms. The molecule has 1 unspecified atom stereocenters. The molecule has 1 amide bonds. The van der Waals surface area contributed by atoms with E-state index in [0.29, 0.717) is 11.1 Å². The van der Waals surface area contributed by atoms with Crippen LogP contribution in [-0.2, 0) is 6.54 Å². The first-order chi connectivity index (χ1) is 13.0. The summed E-state index contributed by atoms with van der Waals surface area (Å²) in [7, 11) is 0. The van der Waals surface area contributed by atoms with Crippen LogP contribution >= 0.6 is 0 Å². The van der Waals surface area contributed by atoms with Gasteiger partial charge in [-0.05, 0) is 55.3 Å². The zero-order chi connectivity index (χ0) is 19.2. The molecular weight excluding hydrogens is 340 g/mol. The molecule has 1 aromatic heterocycles. The van der Waals surface area contributed by atoms with E-state index in [-0.39, 0.29) is 24.1 Å². The van der Waals surface area contributed by atoms with Crippen LogP contribution < -0.4 is 15.6 Å². The minimum atomic E-state index is -0.223. The number of amides is 1. The number of para-hydroxylation sites is 1. The zero-order valence-corrected chi connectivity index (χ0v) is 15.4. The summed E-state index contributed by atoms with van der Waals surface area (Å²) in [6.07, 6.45) is 1.51. The fourth-order valence-electron chi connectivity index (χ4n) is 2.74. The monoisotopic (exact) mass is 362 g/mol. The van der Waals surface area contributed by atoms with Gasteiger partial charge in [-0.25, -0.2) is 0 Å². The SMILES string of the molecule is Cc1c[nH]c(=O)c(CNC(=O)c2ccc(C(C)Oc3ccccc3)cc2)c1. The summed E-state index contributed by atoms with van der Waals surface area (Å²) >= 11 is 0. The summed E-state index contributed by atoms with van der Waals surface area (Å²) in [6.45, 7) is 4.04. The quantitative estimate of drug-likeness (QED) is 0.701. The zero-order valence-electron chi connectivity index (χ0n) is 15.4. The maximum absolute atomic E-state index is 12.3. The molecule has 3 aromatic rings. The van der Waals surface area contributed by atoms with Crippen molar-refractivity contribution in [2.24, 2.45) is 0 Å². The van der Waals surface area contributed by atoms with Gasteiger partial charge in [0.15, 0.2) is 0 Å². The van der Waals surface area contributed by atoms with Crippen LogP contribution in [0.4, 0.5) is 0 Å². The number of carbonyl (C=O) groups excluding carboxylic acids is 1. The van der Waals surface area contributed by atoms with Gasteiger partial charge in [-0.15, -0.1) is 0 Å². The molecular formula is C22H22N2O3. The first-order valence-corrected chi connectivity index (χ1v) is 8.81. The van der Waals surface area contributed by atoms with E-state index < -0.39 is 0 Å². The summed E-state index contributed by atoms with van der Waals surface area (Å²) in [5.74, 6) is 0.578. The van der Waals surface area contributed by atoms with Crippen LogP contribution in [0.3, 0.4) is 0 Å². The predicted octanol–water partition coefficient (Wildman–Crippen LogP) is 3.75. The maximum atomic E-state index is 12.3. The van der Waals surface area contributed by atoms with Crippen LogP contribution in [-0.4, -0.2) is 10.9 Å². The van der Waals surface area contributed by atoms with E-state index in [9.17, 15) is 9.59 Å². The highest BCUT2D eigenvalue weighted by Crippen LogP contribution is 2.21. The number of H-pyrrole nitrogens is 1. The van der Waals surface area contributed by atoms with E-state index in [0.717, 1.165) is 16.9 Å². The minimum Gasteiger partial charge on any atom is -0.486 e. The first-order valence-electron chi connectivity index (χ1n) is 8.81. The highest BCUT2D eigenvalue weighted by atomic mass is 16.5. The van der Waals surface area contributed by atoms with Gasteiger partial charge in [0.2, 0.25) is 0 Å². The summed E-state index contributed by atoms with van der Waals surface area (Å²) in [6, 6.07) is 18.6. The molecule has 0 fully saturated rings. The highest BCUT2D eigenvalue weighted by molar-refractivity contribution is 5.94. The van der Waals surface area contributed by atoms with Gasteiger partial charge >= 0.3 is 0 Å². The largest absolute Gasteiger partial charge is 0.486 e. The van der Waals surface area contributed by atoms with Crippen LogP contribution in [0.5, 0.6) is 5.75 Å². The lowest BCUT2D eigenvalue weighted by Crippen LogP contribution is -2.26. The number of aromatic amines is 1. The Labute approximate surface area is 158 Å². The van der Waals surface area contributed by atoms with Crippen molar-refractivity contribution in [3.05, 3.63) is 99.5 Å². The van der Waals surface area contributed by atoms with Gasteiger partial charge < -0.3 is 15.0 Å². The molecule has 3 rings (SSSR count). The number of aromatic nitrogens is 1. The van der Waals surface area contributed by atoms with Crippen molar-refractivity contribution in [3.8, 4) is 5.75 Å². The van der Waals surface area contributed by atoms with Crippen molar-refractivity contribution in [3.63, 3.8) is 0 Å². The fourth-order valence-corrected chi connectivity index (χ4v) is 2.74. The molecule has 27 heavy (non-hydrogen) atoms. The lowest BCUT2D eigenvalue weighted by atomic mass is 10.1. The van der Waals surface area contributed by atoms with Crippen molar-refractivity contribution in [1.29, 1.82) is 0 Å². The van der Waals surface area contributed by atoms with E-state index in [2.05, 4.69) is 10.3 Å². The van der Waals surface area contributed by atoms with Gasteiger partial charge in [0.1, 0.15) is 11.9 Å². The average molecular weight is 362 g/mol. The van der Waals surface area contributed by atoms with Gasteiger partial charge in [-0.3, -0.25) is 9.59 Å². The van der Waals surface area contributed by atoms with Crippen LogP contribution in [0.15, 0.2) is 71.7 Å². The van der Waals surface area contributed by atoms with Gasteiger partial charge in [0, 0.05) is 23.9 Å². The standard InChI is InChI=1S/C22H22N2O3/c1-15-12-19(22(26)23-13-15)14-24-21(25)18-10-8-17(9-11-18)16(2)27-20-6-4-3-5-7-20/h3-13,16H,14H2,1-2H3,(H,23,26)(H,24,25). The number of hydrogen-bond donors (Lipinski definition) is 2. The Bertz CT molecular complexity index is 963. The lowest BCUT2D eigenvalue weighted by molar-refractivity contribution is 0.0950. The number of hydrogen-bond acceptors (Lipinski definition) is 3. The molecule has 0 radical (unpaired) electrons. The second-order valence-corrected chi connectivity index (χ2v) is 6.41. The molecule has 138 valence electrons. The van der Waals surface area contributed by atoms with Crippen LogP contribution in [0, 0.1) is 6.92 Å². The fraction of sp³-hybridized carbons (Fsp3) is 0.182. The third kappa shape index (κ3) is 4.85. The Morgan fingerprint density at radius 1 is 1.11 bits per heavy atom. The Kier molecular flexibility index (Phi) is 5.71. The predicted molar refractivity (Wildman–Crippen MR) is 105 cm³/mol. The molecule has 2 aromatic carbocycles. The Hall–Kier alpha value is -3.34. The number of nitrogens with one attached hydrogen (secondary N) is 2. The Balaban J connectivity index is 1.61. The van der Waals surface area contributed by atoms with Gasteiger partial charge in [-0.2, -0.15) is 0 Å². The second-order valence-electron chi connectivity index (χ2n) is 6.41. The molecule has 0 aliphatic rings. The summed E-state index contributed by atoms with van der Waals surface area (Å²) in [5.41, 5.74) is 2.80. The summed E-state index contributed by atoms with van der Waals surface area (Å²) in [4.78, 5) is 26.8. The van der Waals surface area contributed by atoms with Gasteiger partial charge in [0.05, 0.1) is 0 Å². The molecule has 5 heteroatoms. The van der Waals surface area contributed by atoms with Crippen molar-refractivity contribution in [2.75, 3.05) is 0 Å². The average Bonchev–Trinajstić information content (AvgIpc) is 2.69. The summed E-state index contributed by atoms with van der Waals surface area (Å²) in [5, 5.41) is 2.78. The smallest absolute Gasteiger partial charge is 0.252 e.